The summed E-state index contributed by atoms with van der Waals surface area (Å²) < 4.78 is 11.0. The van der Waals surface area contributed by atoms with Crippen molar-refractivity contribution in [1.29, 1.82) is 0 Å². The van der Waals surface area contributed by atoms with E-state index in [1.54, 1.807) is 6.07 Å². The van der Waals surface area contributed by atoms with Crippen molar-refractivity contribution in [1.82, 2.24) is 10.5 Å². The molecule has 1 aromatic carbocycles. The van der Waals surface area contributed by atoms with Crippen LogP contribution in [0.5, 0.6) is 5.75 Å². The van der Waals surface area contributed by atoms with E-state index in [0.717, 1.165) is 42.7 Å². The van der Waals surface area contributed by atoms with Crippen LogP contribution >= 0.6 is 12.4 Å². The average molecular weight is 380 g/mol. The molecule has 1 amide bonds. The Balaban J connectivity index is 0.00000243. The molecule has 1 aromatic heterocycles. The second-order valence-electron chi connectivity index (χ2n) is 6.67. The lowest BCUT2D eigenvalue weighted by molar-refractivity contribution is 0.0921. The highest BCUT2D eigenvalue weighted by Gasteiger charge is 2.22. The maximum absolute atomic E-state index is 12.7. The van der Waals surface area contributed by atoms with Crippen LogP contribution in [0.3, 0.4) is 0 Å². The molecule has 142 valence electrons. The molecule has 7 heteroatoms. The third kappa shape index (κ3) is 4.77. The molecule has 0 saturated heterocycles. The van der Waals surface area contributed by atoms with E-state index in [1.807, 2.05) is 32.0 Å². The number of hydrogen-bond acceptors (Lipinski definition) is 5. The number of carbonyl (C=O) groups excluding carboxylic acids is 1. The zero-order chi connectivity index (χ0) is 17.8. The van der Waals surface area contributed by atoms with Crippen LogP contribution in [0.25, 0.3) is 0 Å². The monoisotopic (exact) mass is 379 g/mol. The van der Waals surface area contributed by atoms with Crippen LogP contribution < -0.4 is 15.8 Å². The highest BCUT2D eigenvalue weighted by molar-refractivity contribution is 5.97. The lowest BCUT2D eigenvalue weighted by Gasteiger charge is -2.27. The standard InChI is InChI=1S/C19H25N3O3.ClH/c1-12-17(13(2)25-22-12)11-24-18-6-4-3-5-16(18)19(23)21-15-9-7-14(20)8-10-15;/h3-6,14-15H,7-11,20H2,1-2H3,(H,21,23);1H. The summed E-state index contributed by atoms with van der Waals surface area (Å²) in [4.78, 5) is 12.7. The van der Waals surface area contributed by atoms with Gasteiger partial charge in [-0.05, 0) is 51.7 Å². The van der Waals surface area contributed by atoms with E-state index in [0.29, 0.717) is 17.9 Å². The number of rotatable bonds is 5. The molecule has 1 saturated carbocycles. The fourth-order valence-electron chi connectivity index (χ4n) is 3.16. The first-order chi connectivity index (χ1) is 12.0. The van der Waals surface area contributed by atoms with Crippen LogP contribution in [0.1, 0.15) is 53.1 Å². The van der Waals surface area contributed by atoms with Gasteiger partial charge in [-0.15, -0.1) is 12.4 Å². The smallest absolute Gasteiger partial charge is 0.255 e. The summed E-state index contributed by atoms with van der Waals surface area (Å²) in [7, 11) is 0. The third-order valence-corrected chi connectivity index (χ3v) is 4.79. The highest BCUT2D eigenvalue weighted by Crippen LogP contribution is 2.23. The maximum Gasteiger partial charge on any atom is 0.255 e. The molecule has 3 N–H and O–H groups in total. The first-order valence-electron chi connectivity index (χ1n) is 8.74. The molecule has 0 unspecified atom stereocenters. The van der Waals surface area contributed by atoms with E-state index < -0.39 is 0 Å². The van der Waals surface area contributed by atoms with Crippen LogP contribution in [0.15, 0.2) is 28.8 Å². The topological polar surface area (TPSA) is 90.4 Å². The second-order valence-corrected chi connectivity index (χ2v) is 6.67. The van der Waals surface area contributed by atoms with Gasteiger partial charge in [-0.25, -0.2) is 0 Å². The van der Waals surface area contributed by atoms with Crippen molar-refractivity contribution >= 4 is 18.3 Å². The van der Waals surface area contributed by atoms with Gasteiger partial charge in [0.25, 0.3) is 5.91 Å². The molecule has 2 aromatic rings. The van der Waals surface area contributed by atoms with Crippen molar-refractivity contribution in [2.45, 2.75) is 58.2 Å². The van der Waals surface area contributed by atoms with Gasteiger partial charge in [-0.3, -0.25) is 4.79 Å². The maximum atomic E-state index is 12.7. The summed E-state index contributed by atoms with van der Waals surface area (Å²) in [6.45, 7) is 4.05. The molecule has 1 aliphatic carbocycles. The fraction of sp³-hybridized carbons (Fsp3) is 0.474. The Kier molecular flexibility index (Phi) is 7.06. The van der Waals surface area contributed by atoms with E-state index in [-0.39, 0.29) is 30.4 Å². The lowest BCUT2D eigenvalue weighted by Crippen LogP contribution is -2.40. The largest absolute Gasteiger partial charge is 0.488 e. The van der Waals surface area contributed by atoms with Gasteiger partial charge in [-0.2, -0.15) is 0 Å². The molecule has 1 aliphatic rings. The van der Waals surface area contributed by atoms with Crippen molar-refractivity contribution in [3.05, 3.63) is 46.8 Å². The number of ether oxygens (including phenoxy) is 1. The van der Waals surface area contributed by atoms with Gasteiger partial charge in [0, 0.05) is 12.1 Å². The second kappa shape index (κ2) is 9.05. The van der Waals surface area contributed by atoms with Crippen LogP contribution in [0.2, 0.25) is 0 Å². The van der Waals surface area contributed by atoms with Gasteiger partial charge in [0.1, 0.15) is 18.1 Å². The van der Waals surface area contributed by atoms with Crippen LogP contribution in [0, 0.1) is 13.8 Å². The molecule has 0 radical (unpaired) electrons. The van der Waals surface area contributed by atoms with E-state index in [4.69, 9.17) is 15.0 Å². The van der Waals surface area contributed by atoms with Crippen molar-refractivity contribution in [3.8, 4) is 5.75 Å². The first-order valence-corrected chi connectivity index (χ1v) is 8.74. The molecule has 1 fully saturated rings. The predicted octanol–water partition coefficient (Wildman–Crippen LogP) is 3.29. The number of hydrogen-bond donors (Lipinski definition) is 2. The summed E-state index contributed by atoms with van der Waals surface area (Å²) in [5, 5.41) is 7.03. The number of nitrogens with zero attached hydrogens (tertiary/aromatic N) is 1. The summed E-state index contributed by atoms with van der Waals surface area (Å²) in [5.41, 5.74) is 8.19. The zero-order valence-electron chi connectivity index (χ0n) is 15.2. The van der Waals surface area contributed by atoms with Crippen LogP contribution in [-0.2, 0) is 6.61 Å². The number of aromatic nitrogens is 1. The normalized spacial score (nSPS) is 19.5. The Morgan fingerprint density at radius 2 is 1.96 bits per heavy atom. The minimum absolute atomic E-state index is 0. The van der Waals surface area contributed by atoms with Crippen LogP contribution in [0.4, 0.5) is 0 Å². The quantitative estimate of drug-likeness (QED) is 0.831. The molecule has 0 bridgehead atoms. The van der Waals surface area contributed by atoms with Crippen molar-refractivity contribution in [3.63, 3.8) is 0 Å². The molecule has 1 heterocycles. The summed E-state index contributed by atoms with van der Waals surface area (Å²) in [6, 6.07) is 7.74. The number of benzene rings is 1. The van der Waals surface area contributed by atoms with Gasteiger partial charge < -0.3 is 20.3 Å². The predicted molar refractivity (Wildman–Crippen MR) is 102 cm³/mol. The minimum Gasteiger partial charge on any atom is -0.488 e. The number of nitrogens with two attached hydrogens (primary N) is 1. The summed E-state index contributed by atoms with van der Waals surface area (Å²) in [6.07, 6.45) is 3.76. The van der Waals surface area contributed by atoms with E-state index >= 15 is 0 Å². The Morgan fingerprint density at radius 3 is 2.62 bits per heavy atom. The first kappa shape index (κ1) is 20.3. The Labute approximate surface area is 159 Å². The number of nitrogens with one attached hydrogen (secondary N) is 1. The summed E-state index contributed by atoms with van der Waals surface area (Å²) >= 11 is 0. The Bertz CT molecular complexity index is 720. The number of para-hydroxylation sites is 1. The Morgan fingerprint density at radius 1 is 1.27 bits per heavy atom. The molecule has 0 aliphatic heterocycles. The van der Waals surface area contributed by atoms with Gasteiger partial charge in [0.05, 0.1) is 16.8 Å². The molecule has 0 spiro atoms. The van der Waals surface area contributed by atoms with Crippen molar-refractivity contribution in [2.75, 3.05) is 0 Å². The molecule has 3 rings (SSSR count). The number of aryl methyl sites for hydroxylation is 2. The average Bonchev–Trinajstić information content (AvgIpc) is 2.93. The molecule has 0 atom stereocenters. The number of carbonyl (C=O) groups is 1. The number of halogens is 1. The third-order valence-electron chi connectivity index (χ3n) is 4.79. The zero-order valence-corrected chi connectivity index (χ0v) is 16.0. The lowest BCUT2D eigenvalue weighted by atomic mass is 9.91. The highest BCUT2D eigenvalue weighted by atomic mass is 35.5. The van der Waals surface area contributed by atoms with Crippen LogP contribution in [-0.4, -0.2) is 23.1 Å². The van der Waals surface area contributed by atoms with Gasteiger partial charge in [0.15, 0.2) is 0 Å². The SMILES string of the molecule is Cc1noc(C)c1COc1ccccc1C(=O)NC1CCC(N)CC1.Cl. The van der Waals surface area contributed by atoms with Gasteiger partial charge in [0.2, 0.25) is 0 Å². The molecule has 26 heavy (non-hydrogen) atoms. The minimum atomic E-state index is -0.102. The Hall–Kier alpha value is -2.05. The van der Waals surface area contributed by atoms with E-state index in [9.17, 15) is 4.79 Å². The van der Waals surface area contributed by atoms with Gasteiger partial charge in [-0.1, -0.05) is 17.3 Å². The molecule has 6 nitrogen and oxygen atoms in total. The molecular weight excluding hydrogens is 354 g/mol. The van der Waals surface area contributed by atoms with Gasteiger partial charge >= 0.3 is 0 Å². The fourth-order valence-corrected chi connectivity index (χ4v) is 3.16. The molecular formula is C19H26ClN3O3. The van der Waals surface area contributed by atoms with Crippen molar-refractivity contribution < 1.29 is 14.1 Å². The number of amides is 1. The summed E-state index contributed by atoms with van der Waals surface area (Å²) in [5.74, 6) is 1.19. The van der Waals surface area contributed by atoms with E-state index in [1.165, 1.54) is 0 Å². The van der Waals surface area contributed by atoms with Crippen molar-refractivity contribution in [2.24, 2.45) is 5.73 Å². The van der Waals surface area contributed by atoms with E-state index in [2.05, 4.69) is 10.5 Å².